The molecule has 7 nitrogen and oxygen atoms in total. The number of rotatable bonds is 7. The number of halogens is 1. The molecule has 0 bridgehead atoms. The molecule has 0 radical (unpaired) electrons. The van der Waals surface area contributed by atoms with Gasteiger partial charge in [0.2, 0.25) is 5.82 Å². The first-order valence-corrected chi connectivity index (χ1v) is 8.08. The Labute approximate surface area is 144 Å². The van der Waals surface area contributed by atoms with Gasteiger partial charge in [-0.3, -0.25) is 4.79 Å². The summed E-state index contributed by atoms with van der Waals surface area (Å²) in [5.74, 6) is -1.99. The summed E-state index contributed by atoms with van der Waals surface area (Å²) in [5.41, 5.74) is 0.183. The summed E-state index contributed by atoms with van der Waals surface area (Å²) in [4.78, 5) is 27.7. The second kappa shape index (κ2) is 7.87. The fourth-order valence-electron chi connectivity index (χ4n) is 2.40. The van der Waals surface area contributed by atoms with Crippen molar-refractivity contribution in [2.24, 2.45) is 5.92 Å². The van der Waals surface area contributed by atoms with Crippen LogP contribution in [0.2, 0.25) is 0 Å². The topological polar surface area (TPSA) is 97.1 Å². The number of carbonyl (C=O) groups excluding carboxylic acids is 1. The third-order valence-electron chi connectivity index (χ3n) is 3.58. The van der Waals surface area contributed by atoms with E-state index in [-0.39, 0.29) is 23.9 Å². The fraction of sp³-hybridized carbons (Fsp3) is 0.412. The lowest BCUT2D eigenvalue weighted by molar-refractivity contribution is -0.139. The maximum absolute atomic E-state index is 14.0. The number of nitrogens with one attached hydrogen (secondary N) is 1. The summed E-state index contributed by atoms with van der Waals surface area (Å²) in [6.45, 7) is 5.53. The minimum Gasteiger partial charge on any atom is -0.480 e. The number of aliphatic carboxylic acids is 1. The van der Waals surface area contributed by atoms with Crippen molar-refractivity contribution < 1.29 is 19.1 Å². The minimum atomic E-state index is -1.12. The second-order valence-corrected chi connectivity index (χ2v) is 6.06. The first-order chi connectivity index (χ1) is 11.8. The average Bonchev–Trinajstić information content (AvgIpc) is 2.98. The molecular weight excluding hydrogens is 327 g/mol. The normalized spacial score (nSPS) is 12.2. The van der Waals surface area contributed by atoms with Crippen LogP contribution in [0.5, 0.6) is 0 Å². The lowest BCUT2D eigenvalue weighted by Crippen LogP contribution is -2.42. The van der Waals surface area contributed by atoms with Gasteiger partial charge in [0.1, 0.15) is 23.4 Å². The molecule has 0 fully saturated rings. The van der Waals surface area contributed by atoms with E-state index in [9.17, 15) is 19.1 Å². The van der Waals surface area contributed by atoms with E-state index in [2.05, 4.69) is 15.4 Å². The molecule has 1 amide bonds. The highest BCUT2D eigenvalue weighted by Gasteiger charge is 2.25. The highest BCUT2D eigenvalue weighted by molar-refractivity contribution is 5.93. The summed E-state index contributed by atoms with van der Waals surface area (Å²) in [7, 11) is 0. The van der Waals surface area contributed by atoms with Gasteiger partial charge >= 0.3 is 5.97 Å². The fourth-order valence-corrected chi connectivity index (χ4v) is 2.40. The maximum atomic E-state index is 14.0. The van der Waals surface area contributed by atoms with Crippen LogP contribution in [0.25, 0.3) is 5.69 Å². The van der Waals surface area contributed by atoms with Crippen molar-refractivity contribution in [3.63, 3.8) is 0 Å². The smallest absolute Gasteiger partial charge is 0.326 e. The Morgan fingerprint density at radius 3 is 2.56 bits per heavy atom. The molecular formula is C17H21FN4O3. The van der Waals surface area contributed by atoms with Crippen LogP contribution in [-0.2, 0) is 11.2 Å². The number of aryl methyl sites for hydroxylation is 1. The van der Waals surface area contributed by atoms with Gasteiger partial charge < -0.3 is 10.4 Å². The highest BCUT2D eigenvalue weighted by atomic mass is 19.1. The molecule has 0 saturated heterocycles. The van der Waals surface area contributed by atoms with E-state index >= 15 is 0 Å². The molecule has 0 unspecified atom stereocenters. The van der Waals surface area contributed by atoms with E-state index < -0.39 is 23.7 Å². The van der Waals surface area contributed by atoms with Crippen LogP contribution >= 0.6 is 0 Å². The van der Waals surface area contributed by atoms with Crippen molar-refractivity contribution >= 4 is 11.9 Å². The molecule has 1 heterocycles. The Kier molecular flexibility index (Phi) is 5.84. The number of amides is 1. The SMILES string of the molecule is CCc1nc(C(=O)N[C@H](CC(C)C)C(=O)O)nn1-c1ccccc1F. The van der Waals surface area contributed by atoms with Crippen molar-refractivity contribution in [3.8, 4) is 5.69 Å². The molecule has 8 heteroatoms. The molecule has 2 aromatic rings. The van der Waals surface area contributed by atoms with E-state index in [0.29, 0.717) is 12.2 Å². The van der Waals surface area contributed by atoms with Gasteiger partial charge in [-0.25, -0.2) is 18.9 Å². The molecule has 0 aliphatic carbocycles. The zero-order valence-electron chi connectivity index (χ0n) is 14.4. The number of aromatic nitrogens is 3. The number of hydrogen-bond acceptors (Lipinski definition) is 4. The van der Waals surface area contributed by atoms with Gasteiger partial charge in [0.15, 0.2) is 0 Å². The maximum Gasteiger partial charge on any atom is 0.326 e. The quantitative estimate of drug-likeness (QED) is 0.799. The summed E-state index contributed by atoms with van der Waals surface area (Å²) < 4.78 is 15.3. The monoisotopic (exact) mass is 348 g/mol. The van der Waals surface area contributed by atoms with Gasteiger partial charge in [-0.2, -0.15) is 0 Å². The van der Waals surface area contributed by atoms with Crippen LogP contribution in [0.4, 0.5) is 4.39 Å². The molecule has 0 spiro atoms. The van der Waals surface area contributed by atoms with Crippen LogP contribution in [0.3, 0.4) is 0 Å². The number of benzene rings is 1. The lowest BCUT2D eigenvalue weighted by Gasteiger charge is -2.15. The van der Waals surface area contributed by atoms with E-state index in [1.54, 1.807) is 12.1 Å². The largest absolute Gasteiger partial charge is 0.480 e. The van der Waals surface area contributed by atoms with E-state index in [1.165, 1.54) is 16.8 Å². The van der Waals surface area contributed by atoms with Crippen LogP contribution in [0, 0.1) is 11.7 Å². The number of carbonyl (C=O) groups is 2. The Morgan fingerprint density at radius 2 is 2.00 bits per heavy atom. The summed E-state index contributed by atoms with van der Waals surface area (Å²) >= 11 is 0. The van der Waals surface area contributed by atoms with E-state index in [0.717, 1.165) is 0 Å². The van der Waals surface area contributed by atoms with Gasteiger partial charge in [0, 0.05) is 6.42 Å². The Bertz CT molecular complexity index is 773. The van der Waals surface area contributed by atoms with Crippen molar-refractivity contribution in [2.75, 3.05) is 0 Å². The van der Waals surface area contributed by atoms with Crippen LogP contribution in [0.15, 0.2) is 24.3 Å². The van der Waals surface area contributed by atoms with E-state index in [4.69, 9.17) is 0 Å². The van der Waals surface area contributed by atoms with Gasteiger partial charge in [-0.1, -0.05) is 32.9 Å². The van der Waals surface area contributed by atoms with Crippen molar-refractivity contribution in [3.05, 3.63) is 41.7 Å². The van der Waals surface area contributed by atoms with Gasteiger partial charge in [-0.15, -0.1) is 5.10 Å². The van der Waals surface area contributed by atoms with Crippen LogP contribution in [0.1, 0.15) is 43.6 Å². The van der Waals surface area contributed by atoms with Crippen molar-refractivity contribution in [1.82, 2.24) is 20.1 Å². The van der Waals surface area contributed by atoms with Gasteiger partial charge in [0.25, 0.3) is 5.91 Å². The molecule has 1 atom stereocenters. The molecule has 2 N–H and O–H groups in total. The Hall–Kier alpha value is -2.77. The van der Waals surface area contributed by atoms with Crippen LogP contribution in [-0.4, -0.2) is 37.8 Å². The van der Waals surface area contributed by atoms with Gasteiger partial charge in [-0.05, 0) is 24.5 Å². The number of nitrogens with zero attached hydrogens (tertiary/aromatic N) is 3. The standard InChI is InChI=1S/C17H21FN4O3/c1-4-14-20-15(16(23)19-12(17(24)25)9-10(2)3)21-22(14)13-8-6-5-7-11(13)18/h5-8,10,12H,4,9H2,1-3H3,(H,19,23)(H,24,25)/t12-/m1/s1. The summed E-state index contributed by atoms with van der Waals surface area (Å²) in [5, 5.41) is 15.7. The second-order valence-electron chi connectivity index (χ2n) is 6.06. The zero-order valence-corrected chi connectivity index (χ0v) is 14.4. The predicted molar refractivity (Wildman–Crippen MR) is 89.0 cm³/mol. The molecule has 0 saturated carbocycles. The first-order valence-electron chi connectivity index (χ1n) is 8.08. The summed E-state index contributed by atoms with van der Waals surface area (Å²) in [6.07, 6.45) is 0.721. The van der Waals surface area contributed by atoms with Gasteiger partial charge in [0.05, 0.1) is 0 Å². The number of hydrogen-bond donors (Lipinski definition) is 2. The molecule has 134 valence electrons. The predicted octanol–water partition coefficient (Wildman–Crippen LogP) is 2.20. The summed E-state index contributed by atoms with van der Waals surface area (Å²) in [6, 6.07) is 5.00. The molecule has 1 aromatic carbocycles. The zero-order chi connectivity index (χ0) is 18.6. The molecule has 0 aliphatic rings. The number of carboxylic acids is 1. The minimum absolute atomic E-state index is 0.0940. The Balaban J connectivity index is 2.29. The third-order valence-corrected chi connectivity index (χ3v) is 3.58. The lowest BCUT2D eigenvalue weighted by atomic mass is 10.0. The highest BCUT2D eigenvalue weighted by Crippen LogP contribution is 2.15. The van der Waals surface area contributed by atoms with Crippen LogP contribution < -0.4 is 5.32 Å². The average molecular weight is 348 g/mol. The first kappa shape index (κ1) is 18.6. The molecule has 1 aromatic heterocycles. The number of para-hydroxylation sites is 1. The van der Waals surface area contributed by atoms with Crippen molar-refractivity contribution in [2.45, 2.75) is 39.7 Å². The molecule has 25 heavy (non-hydrogen) atoms. The molecule has 2 rings (SSSR count). The van der Waals surface area contributed by atoms with E-state index in [1.807, 2.05) is 20.8 Å². The molecule has 0 aliphatic heterocycles. The third kappa shape index (κ3) is 4.40. The Morgan fingerprint density at radius 1 is 1.32 bits per heavy atom. The number of carboxylic acid groups (broad SMARTS) is 1. The van der Waals surface area contributed by atoms with Crippen molar-refractivity contribution in [1.29, 1.82) is 0 Å².